The summed E-state index contributed by atoms with van der Waals surface area (Å²) < 4.78 is 11.5. The van der Waals surface area contributed by atoms with Gasteiger partial charge in [0.25, 0.3) is 0 Å². The Kier molecular flexibility index (Phi) is 2.47. The first-order valence-corrected chi connectivity index (χ1v) is 5.74. The summed E-state index contributed by atoms with van der Waals surface area (Å²) in [5, 5.41) is 0. The molecule has 2 fully saturated rings. The minimum atomic E-state index is 0.337. The summed E-state index contributed by atoms with van der Waals surface area (Å²) in [5.74, 6) is 0. The Balaban J connectivity index is 1.54. The molecule has 1 saturated heterocycles. The van der Waals surface area contributed by atoms with E-state index < -0.39 is 0 Å². The molecule has 1 aliphatic carbocycles. The second-order valence-electron chi connectivity index (χ2n) is 4.41. The molecule has 1 saturated carbocycles. The van der Waals surface area contributed by atoms with E-state index in [2.05, 4.69) is 24.3 Å². The molecule has 3 atom stereocenters. The molecule has 2 heteroatoms. The van der Waals surface area contributed by atoms with Gasteiger partial charge in [-0.2, -0.15) is 0 Å². The molecule has 15 heavy (non-hydrogen) atoms. The van der Waals surface area contributed by atoms with Crippen molar-refractivity contribution in [2.45, 2.75) is 44.2 Å². The average Bonchev–Trinajstić information content (AvgIpc) is 3.07. The maximum atomic E-state index is 5.90. The van der Waals surface area contributed by atoms with E-state index in [4.69, 9.17) is 9.47 Å². The minimum absolute atomic E-state index is 0.337. The molecule has 1 aliphatic heterocycles. The first kappa shape index (κ1) is 9.37. The predicted octanol–water partition coefficient (Wildman–Crippen LogP) is 2.52. The van der Waals surface area contributed by atoms with Gasteiger partial charge in [0.15, 0.2) is 0 Å². The Morgan fingerprint density at radius 1 is 1.20 bits per heavy atom. The molecule has 0 aromatic heterocycles. The summed E-state index contributed by atoms with van der Waals surface area (Å²) in [5.41, 5.74) is 1.25. The minimum Gasteiger partial charge on any atom is -0.371 e. The van der Waals surface area contributed by atoms with Crippen LogP contribution in [-0.2, 0) is 16.1 Å². The number of epoxide rings is 1. The fourth-order valence-corrected chi connectivity index (χ4v) is 2.36. The van der Waals surface area contributed by atoms with E-state index in [9.17, 15) is 0 Å². The van der Waals surface area contributed by atoms with Crippen molar-refractivity contribution in [3.63, 3.8) is 0 Å². The third kappa shape index (κ3) is 2.06. The van der Waals surface area contributed by atoms with Crippen LogP contribution in [0.3, 0.4) is 0 Å². The highest BCUT2D eigenvalue weighted by molar-refractivity contribution is 5.13. The lowest BCUT2D eigenvalue weighted by Crippen LogP contribution is -2.25. The molecule has 2 nitrogen and oxygen atoms in total. The first-order chi connectivity index (χ1) is 7.43. The summed E-state index contributed by atoms with van der Waals surface area (Å²) in [6, 6.07) is 10.3. The van der Waals surface area contributed by atoms with E-state index in [1.54, 1.807) is 0 Å². The Morgan fingerprint density at radius 3 is 2.93 bits per heavy atom. The van der Waals surface area contributed by atoms with Crippen LogP contribution >= 0.6 is 0 Å². The van der Waals surface area contributed by atoms with E-state index in [0.29, 0.717) is 18.3 Å². The predicted molar refractivity (Wildman–Crippen MR) is 57.5 cm³/mol. The van der Waals surface area contributed by atoms with Gasteiger partial charge in [0.2, 0.25) is 0 Å². The van der Waals surface area contributed by atoms with Crippen LogP contribution in [0.15, 0.2) is 30.3 Å². The third-order valence-corrected chi connectivity index (χ3v) is 3.27. The molecular weight excluding hydrogens is 188 g/mol. The molecule has 1 aromatic carbocycles. The Morgan fingerprint density at radius 2 is 2.07 bits per heavy atom. The summed E-state index contributed by atoms with van der Waals surface area (Å²) in [6.45, 7) is 0.720. The third-order valence-electron chi connectivity index (χ3n) is 3.27. The van der Waals surface area contributed by atoms with Gasteiger partial charge in [-0.25, -0.2) is 0 Å². The Hall–Kier alpha value is -0.860. The summed E-state index contributed by atoms with van der Waals surface area (Å²) in [6.07, 6.45) is 4.90. The zero-order chi connectivity index (χ0) is 10.1. The zero-order valence-corrected chi connectivity index (χ0v) is 8.76. The maximum absolute atomic E-state index is 5.90. The summed E-state index contributed by atoms with van der Waals surface area (Å²) in [7, 11) is 0. The van der Waals surface area contributed by atoms with Crippen LogP contribution in [0.25, 0.3) is 0 Å². The topological polar surface area (TPSA) is 21.8 Å². The van der Waals surface area contributed by atoms with Gasteiger partial charge < -0.3 is 9.47 Å². The standard InChI is InChI=1S/C13H16O2/c1-2-5-10(6-3-1)9-14-11-7-4-8-12-13(11)15-12/h1-3,5-6,11-13H,4,7-9H2/t11-,12-,13?/m1/s1. The van der Waals surface area contributed by atoms with Crippen LogP contribution in [0.1, 0.15) is 24.8 Å². The Labute approximate surface area is 90.2 Å². The van der Waals surface area contributed by atoms with Crippen molar-refractivity contribution < 1.29 is 9.47 Å². The molecule has 0 N–H and O–H groups in total. The van der Waals surface area contributed by atoms with Crippen molar-refractivity contribution in [2.75, 3.05) is 0 Å². The molecule has 1 aromatic rings. The van der Waals surface area contributed by atoms with Gasteiger partial charge in [0, 0.05) is 0 Å². The van der Waals surface area contributed by atoms with Crippen LogP contribution in [0.2, 0.25) is 0 Å². The molecule has 1 unspecified atom stereocenters. The van der Waals surface area contributed by atoms with Crippen LogP contribution < -0.4 is 0 Å². The smallest absolute Gasteiger partial charge is 0.110 e. The normalized spacial score (nSPS) is 33.5. The van der Waals surface area contributed by atoms with Crippen molar-refractivity contribution in [1.82, 2.24) is 0 Å². The van der Waals surface area contributed by atoms with Crippen molar-refractivity contribution >= 4 is 0 Å². The van der Waals surface area contributed by atoms with E-state index in [1.165, 1.54) is 18.4 Å². The number of rotatable bonds is 3. The van der Waals surface area contributed by atoms with Crippen molar-refractivity contribution in [3.05, 3.63) is 35.9 Å². The van der Waals surface area contributed by atoms with Crippen LogP contribution in [-0.4, -0.2) is 18.3 Å². The van der Waals surface area contributed by atoms with Gasteiger partial charge in [-0.1, -0.05) is 30.3 Å². The van der Waals surface area contributed by atoms with E-state index in [-0.39, 0.29) is 0 Å². The summed E-state index contributed by atoms with van der Waals surface area (Å²) in [4.78, 5) is 0. The molecule has 3 rings (SSSR count). The van der Waals surface area contributed by atoms with Crippen LogP contribution in [0.4, 0.5) is 0 Å². The fourth-order valence-electron chi connectivity index (χ4n) is 2.36. The second kappa shape index (κ2) is 3.95. The molecule has 0 bridgehead atoms. The molecule has 0 radical (unpaired) electrons. The highest BCUT2D eigenvalue weighted by Crippen LogP contribution is 2.38. The number of benzene rings is 1. The SMILES string of the molecule is c1ccc(CO[C@@H]2CCC[C@H]3OC23)cc1. The monoisotopic (exact) mass is 204 g/mol. The number of hydrogen-bond donors (Lipinski definition) is 0. The second-order valence-corrected chi connectivity index (χ2v) is 4.41. The number of ether oxygens (including phenoxy) is 2. The van der Waals surface area contributed by atoms with Crippen molar-refractivity contribution in [2.24, 2.45) is 0 Å². The highest BCUT2D eigenvalue weighted by Gasteiger charge is 2.47. The van der Waals surface area contributed by atoms with Crippen LogP contribution in [0, 0.1) is 0 Å². The molecule has 1 heterocycles. The van der Waals surface area contributed by atoms with E-state index >= 15 is 0 Å². The van der Waals surface area contributed by atoms with Gasteiger partial charge in [0.05, 0.1) is 18.8 Å². The van der Waals surface area contributed by atoms with Gasteiger partial charge in [-0.05, 0) is 24.8 Å². The Bertz CT molecular complexity index is 323. The van der Waals surface area contributed by atoms with E-state index in [0.717, 1.165) is 13.0 Å². The van der Waals surface area contributed by atoms with Gasteiger partial charge in [-0.15, -0.1) is 0 Å². The van der Waals surface area contributed by atoms with Gasteiger partial charge >= 0.3 is 0 Å². The van der Waals surface area contributed by atoms with Crippen molar-refractivity contribution in [1.29, 1.82) is 0 Å². The molecule has 0 spiro atoms. The number of fused-ring (bicyclic) bond motifs is 1. The lowest BCUT2D eigenvalue weighted by atomic mass is 9.98. The fraction of sp³-hybridized carbons (Fsp3) is 0.538. The number of hydrogen-bond acceptors (Lipinski definition) is 2. The first-order valence-electron chi connectivity index (χ1n) is 5.74. The molecule has 0 amide bonds. The highest BCUT2D eigenvalue weighted by atomic mass is 16.6. The van der Waals surface area contributed by atoms with Crippen LogP contribution in [0.5, 0.6) is 0 Å². The largest absolute Gasteiger partial charge is 0.371 e. The molecule has 2 aliphatic rings. The quantitative estimate of drug-likeness (QED) is 0.706. The van der Waals surface area contributed by atoms with E-state index in [1.807, 2.05) is 6.07 Å². The zero-order valence-electron chi connectivity index (χ0n) is 8.76. The van der Waals surface area contributed by atoms with Crippen molar-refractivity contribution in [3.8, 4) is 0 Å². The van der Waals surface area contributed by atoms with Gasteiger partial charge in [-0.3, -0.25) is 0 Å². The molecular formula is C13H16O2. The molecule has 80 valence electrons. The van der Waals surface area contributed by atoms with Gasteiger partial charge in [0.1, 0.15) is 6.10 Å². The lowest BCUT2D eigenvalue weighted by Gasteiger charge is -2.18. The summed E-state index contributed by atoms with van der Waals surface area (Å²) >= 11 is 0. The average molecular weight is 204 g/mol. The maximum Gasteiger partial charge on any atom is 0.110 e. The lowest BCUT2D eigenvalue weighted by molar-refractivity contribution is 0.0135.